The molecule has 0 aliphatic heterocycles. The van der Waals surface area contributed by atoms with Crippen molar-refractivity contribution in [2.75, 3.05) is 12.4 Å². The van der Waals surface area contributed by atoms with Gasteiger partial charge in [-0.05, 0) is 66.5 Å². The van der Waals surface area contributed by atoms with Crippen LogP contribution in [0.5, 0.6) is 0 Å². The molecule has 0 radical (unpaired) electrons. The summed E-state index contributed by atoms with van der Waals surface area (Å²) in [4.78, 5) is 30.2. The molecule has 1 aromatic heterocycles. The molecule has 1 aliphatic rings. The lowest BCUT2D eigenvalue weighted by Gasteiger charge is -2.25. The largest absolute Gasteiger partial charge is 0.469 e. The van der Waals surface area contributed by atoms with Crippen LogP contribution in [0.1, 0.15) is 73.3 Å². The van der Waals surface area contributed by atoms with E-state index < -0.39 is 0 Å². The van der Waals surface area contributed by atoms with E-state index >= 15 is 0 Å². The van der Waals surface area contributed by atoms with E-state index in [4.69, 9.17) is 4.74 Å². The third-order valence-electron chi connectivity index (χ3n) is 6.57. The average Bonchev–Trinajstić information content (AvgIpc) is 3.34. The van der Waals surface area contributed by atoms with Gasteiger partial charge in [-0.25, -0.2) is 4.98 Å². The van der Waals surface area contributed by atoms with Gasteiger partial charge in [0.15, 0.2) is 0 Å². The zero-order chi connectivity index (χ0) is 24.3. The van der Waals surface area contributed by atoms with Crippen molar-refractivity contribution in [3.63, 3.8) is 0 Å². The standard InChI is InChI=1S/C28H32N2O3S/c1-28(2,3)22-13-9-19(10-14-22)25(31)30-23-15-11-18(12-16-23)24-17-29-26(34-24)20-5-7-21(8-6-20)27(32)33-4/h9-17,20-21H,5-8H2,1-4H3,(H,30,31). The number of methoxy groups -OCH3 is 1. The SMILES string of the molecule is COC(=O)C1CCC(c2ncc(-c3ccc(NC(=O)c4ccc(C(C)(C)C)cc4)cc3)s2)CC1. The van der Waals surface area contributed by atoms with Crippen molar-refractivity contribution in [3.05, 3.63) is 70.9 Å². The Morgan fingerprint density at radius 2 is 1.62 bits per heavy atom. The number of amides is 1. The van der Waals surface area contributed by atoms with Crippen molar-refractivity contribution < 1.29 is 14.3 Å². The predicted molar refractivity (Wildman–Crippen MR) is 137 cm³/mol. The first kappa shape index (κ1) is 24.1. The van der Waals surface area contributed by atoms with Crippen LogP contribution in [0.25, 0.3) is 10.4 Å². The van der Waals surface area contributed by atoms with Crippen LogP contribution in [0.2, 0.25) is 0 Å². The number of esters is 1. The summed E-state index contributed by atoms with van der Waals surface area (Å²) in [5.41, 5.74) is 3.75. The lowest BCUT2D eigenvalue weighted by atomic mass is 9.82. The first-order valence-electron chi connectivity index (χ1n) is 11.8. The number of thiazole rings is 1. The number of hydrogen-bond donors (Lipinski definition) is 1. The fraction of sp³-hybridized carbons (Fsp3) is 0.393. The highest BCUT2D eigenvalue weighted by molar-refractivity contribution is 7.15. The molecule has 1 amide bonds. The zero-order valence-electron chi connectivity index (χ0n) is 20.3. The van der Waals surface area contributed by atoms with Gasteiger partial charge in [0.2, 0.25) is 0 Å². The molecule has 0 atom stereocenters. The number of ether oxygens (including phenoxy) is 1. The fourth-order valence-electron chi connectivity index (χ4n) is 4.40. The highest BCUT2D eigenvalue weighted by Gasteiger charge is 2.29. The Hall–Kier alpha value is -2.99. The minimum Gasteiger partial charge on any atom is -0.469 e. The van der Waals surface area contributed by atoms with Crippen LogP contribution in [0.3, 0.4) is 0 Å². The maximum absolute atomic E-state index is 12.6. The van der Waals surface area contributed by atoms with E-state index in [-0.39, 0.29) is 23.2 Å². The van der Waals surface area contributed by atoms with Crippen LogP contribution in [-0.2, 0) is 14.9 Å². The minimum absolute atomic E-state index is 0.0277. The number of aromatic nitrogens is 1. The molecule has 0 saturated heterocycles. The normalized spacial score (nSPS) is 18.4. The second-order valence-corrected chi connectivity index (χ2v) is 11.1. The Morgan fingerprint density at radius 1 is 0.971 bits per heavy atom. The van der Waals surface area contributed by atoms with Crippen molar-refractivity contribution in [2.24, 2.45) is 5.92 Å². The van der Waals surface area contributed by atoms with Crippen molar-refractivity contribution in [1.29, 1.82) is 0 Å². The summed E-state index contributed by atoms with van der Waals surface area (Å²) in [7, 11) is 1.46. The molecule has 0 bridgehead atoms. The van der Waals surface area contributed by atoms with Crippen molar-refractivity contribution in [1.82, 2.24) is 4.98 Å². The third kappa shape index (κ3) is 5.55. The first-order valence-corrected chi connectivity index (χ1v) is 12.6. The molecule has 2 aromatic carbocycles. The van der Waals surface area contributed by atoms with Crippen molar-refractivity contribution in [2.45, 2.75) is 57.8 Å². The van der Waals surface area contributed by atoms with E-state index in [0.717, 1.165) is 46.8 Å². The van der Waals surface area contributed by atoms with Crippen LogP contribution in [0.4, 0.5) is 5.69 Å². The van der Waals surface area contributed by atoms with E-state index in [2.05, 4.69) is 31.1 Å². The van der Waals surface area contributed by atoms with Crippen molar-refractivity contribution >= 4 is 28.9 Å². The Balaban J connectivity index is 1.36. The number of anilines is 1. The average molecular weight is 477 g/mol. The van der Waals surface area contributed by atoms with Gasteiger partial charge in [-0.3, -0.25) is 9.59 Å². The second-order valence-electron chi connectivity index (χ2n) is 9.99. The molecule has 34 heavy (non-hydrogen) atoms. The number of benzene rings is 2. The summed E-state index contributed by atoms with van der Waals surface area (Å²) < 4.78 is 4.89. The van der Waals surface area contributed by atoms with Gasteiger partial charge in [0, 0.05) is 23.4 Å². The zero-order valence-corrected chi connectivity index (χ0v) is 21.1. The summed E-state index contributed by atoms with van der Waals surface area (Å²) in [6.45, 7) is 6.47. The van der Waals surface area contributed by atoms with Gasteiger partial charge < -0.3 is 10.1 Å². The number of hydrogen-bond acceptors (Lipinski definition) is 5. The van der Waals surface area contributed by atoms with Gasteiger partial charge in [-0.2, -0.15) is 0 Å². The maximum Gasteiger partial charge on any atom is 0.308 e. The van der Waals surface area contributed by atoms with Crippen molar-refractivity contribution in [3.8, 4) is 10.4 Å². The van der Waals surface area contributed by atoms with Gasteiger partial charge in [0.1, 0.15) is 0 Å². The molecule has 1 N–H and O–H groups in total. The monoisotopic (exact) mass is 476 g/mol. The Morgan fingerprint density at radius 3 is 2.21 bits per heavy atom. The molecule has 1 heterocycles. The summed E-state index contributed by atoms with van der Waals surface area (Å²) in [6, 6.07) is 15.7. The van der Waals surface area contributed by atoms with E-state index in [1.165, 1.54) is 12.7 Å². The quantitative estimate of drug-likeness (QED) is 0.411. The van der Waals surface area contributed by atoms with Gasteiger partial charge in [0.05, 0.1) is 22.9 Å². The molecule has 1 aliphatic carbocycles. The van der Waals surface area contributed by atoms with E-state index in [0.29, 0.717) is 11.5 Å². The molecular weight excluding hydrogens is 444 g/mol. The molecule has 3 aromatic rings. The van der Waals surface area contributed by atoms with E-state index in [1.54, 1.807) is 11.3 Å². The molecule has 178 valence electrons. The number of rotatable bonds is 5. The molecule has 0 spiro atoms. The van der Waals surface area contributed by atoms with Crippen LogP contribution >= 0.6 is 11.3 Å². The highest BCUT2D eigenvalue weighted by atomic mass is 32.1. The van der Waals surface area contributed by atoms with Crippen LogP contribution in [-0.4, -0.2) is 24.0 Å². The molecule has 5 nitrogen and oxygen atoms in total. The fourth-order valence-corrected chi connectivity index (χ4v) is 5.49. The molecule has 1 saturated carbocycles. The topological polar surface area (TPSA) is 68.3 Å². The summed E-state index contributed by atoms with van der Waals surface area (Å²) in [5.74, 6) is 0.228. The number of nitrogens with zero attached hydrogens (tertiary/aromatic N) is 1. The number of carbonyl (C=O) groups is 2. The lowest BCUT2D eigenvalue weighted by Crippen LogP contribution is -2.22. The third-order valence-corrected chi connectivity index (χ3v) is 7.78. The highest BCUT2D eigenvalue weighted by Crippen LogP contribution is 2.39. The Bertz CT molecular complexity index is 1140. The van der Waals surface area contributed by atoms with Gasteiger partial charge in [0.25, 0.3) is 5.91 Å². The maximum atomic E-state index is 12.6. The van der Waals surface area contributed by atoms with Crippen LogP contribution in [0, 0.1) is 5.92 Å². The van der Waals surface area contributed by atoms with Crippen LogP contribution < -0.4 is 5.32 Å². The molecular formula is C28H32N2O3S. The van der Waals surface area contributed by atoms with E-state index in [1.807, 2.05) is 54.7 Å². The first-order chi connectivity index (χ1) is 16.2. The molecule has 0 unspecified atom stereocenters. The number of carbonyl (C=O) groups excluding carboxylic acids is 2. The van der Waals surface area contributed by atoms with E-state index in [9.17, 15) is 9.59 Å². The summed E-state index contributed by atoms with van der Waals surface area (Å²) in [5, 5.41) is 4.11. The second kappa shape index (κ2) is 10.1. The predicted octanol–water partition coefficient (Wildman–Crippen LogP) is 6.81. The smallest absolute Gasteiger partial charge is 0.308 e. The summed E-state index contributed by atoms with van der Waals surface area (Å²) >= 11 is 1.71. The summed E-state index contributed by atoms with van der Waals surface area (Å²) in [6.07, 6.45) is 5.58. The molecule has 1 fully saturated rings. The van der Waals surface area contributed by atoms with Gasteiger partial charge in [-0.1, -0.05) is 45.0 Å². The Labute approximate surface area is 205 Å². The minimum atomic E-state index is -0.115. The Kier molecular flexibility index (Phi) is 7.17. The molecule has 4 rings (SSSR count). The number of nitrogens with one attached hydrogen (secondary N) is 1. The van der Waals surface area contributed by atoms with Gasteiger partial charge in [-0.15, -0.1) is 11.3 Å². The van der Waals surface area contributed by atoms with Gasteiger partial charge >= 0.3 is 5.97 Å². The van der Waals surface area contributed by atoms with Crippen LogP contribution in [0.15, 0.2) is 54.7 Å². The molecule has 6 heteroatoms. The lowest BCUT2D eigenvalue weighted by molar-refractivity contribution is -0.146.